The Labute approximate surface area is 612 Å². The summed E-state index contributed by atoms with van der Waals surface area (Å²) in [6.45, 7) is 9.43. The highest BCUT2D eigenvalue weighted by Crippen LogP contribution is 2.52. The van der Waals surface area contributed by atoms with E-state index in [1.807, 2.05) is 18.2 Å². The second-order valence-corrected chi connectivity index (χ2v) is 29.9. The van der Waals surface area contributed by atoms with Crippen LogP contribution in [0.3, 0.4) is 0 Å². The molecule has 0 unspecified atom stereocenters. The number of fused-ring (bicyclic) bond motifs is 18. The summed E-state index contributed by atoms with van der Waals surface area (Å²) in [7, 11) is 0. The third-order valence-electron chi connectivity index (χ3n) is 23.4. The smallest absolute Gasteiger partial charge is 0.164 e. The van der Waals surface area contributed by atoms with Crippen LogP contribution in [0, 0.1) is 0 Å². The molecule has 2 aliphatic rings. The molecule has 498 valence electrons. The van der Waals surface area contributed by atoms with Crippen molar-refractivity contribution in [2.24, 2.45) is 0 Å². The van der Waals surface area contributed by atoms with Crippen molar-refractivity contribution in [3.05, 3.63) is 356 Å². The van der Waals surface area contributed by atoms with Crippen molar-refractivity contribution in [2.75, 3.05) is 0 Å². The molecular formula is C99H67N7. The highest BCUT2D eigenvalue weighted by molar-refractivity contribution is 6.15. The molecular weight excluding hydrogens is 1290 g/mol. The van der Waals surface area contributed by atoms with Crippen LogP contribution < -0.4 is 0 Å². The Kier molecular flexibility index (Phi) is 12.8. The number of para-hydroxylation sites is 4. The van der Waals surface area contributed by atoms with E-state index in [0.29, 0.717) is 17.5 Å². The van der Waals surface area contributed by atoms with Gasteiger partial charge in [0.15, 0.2) is 17.5 Å². The van der Waals surface area contributed by atoms with Gasteiger partial charge in [-0.25, -0.2) is 15.0 Å². The van der Waals surface area contributed by atoms with Gasteiger partial charge in [0.25, 0.3) is 0 Å². The Morgan fingerprint density at radius 1 is 0.189 bits per heavy atom. The fraction of sp³-hybridized carbons (Fsp3) is 0.0606. The molecule has 7 nitrogen and oxygen atoms in total. The van der Waals surface area contributed by atoms with Gasteiger partial charge in [-0.15, -0.1) is 0 Å². The quantitative estimate of drug-likeness (QED) is 0.145. The Balaban J connectivity index is 0.579. The first-order chi connectivity index (χ1) is 52.1. The van der Waals surface area contributed by atoms with Gasteiger partial charge in [-0.2, -0.15) is 0 Å². The van der Waals surface area contributed by atoms with E-state index in [1.165, 1.54) is 143 Å². The molecule has 0 amide bonds. The number of hydrogen-bond acceptors (Lipinski definition) is 3. The molecule has 0 saturated heterocycles. The zero-order chi connectivity index (χ0) is 70.3. The highest BCUT2D eigenvalue weighted by Gasteiger charge is 2.37. The zero-order valence-corrected chi connectivity index (χ0v) is 58.9. The fourth-order valence-electron chi connectivity index (χ4n) is 18.3. The molecule has 0 saturated carbocycles. The largest absolute Gasteiger partial charge is 0.309 e. The third-order valence-corrected chi connectivity index (χ3v) is 23.4. The maximum absolute atomic E-state index is 5.28. The lowest BCUT2D eigenvalue weighted by Gasteiger charge is -2.22. The van der Waals surface area contributed by atoms with Crippen molar-refractivity contribution >= 4 is 87.2 Å². The maximum Gasteiger partial charge on any atom is 0.164 e. The second kappa shape index (κ2) is 22.5. The predicted octanol–water partition coefficient (Wildman–Crippen LogP) is 25.2. The lowest BCUT2D eigenvalue weighted by Crippen LogP contribution is -2.15. The topological polar surface area (TPSA) is 58.4 Å². The summed E-state index contributed by atoms with van der Waals surface area (Å²) in [5, 5.41) is 9.74. The normalized spacial score (nSPS) is 13.4. The van der Waals surface area contributed by atoms with Gasteiger partial charge in [0.2, 0.25) is 0 Å². The van der Waals surface area contributed by atoms with E-state index in [2.05, 4.69) is 361 Å². The first kappa shape index (κ1) is 60.1. The minimum Gasteiger partial charge on any atom is -0.309 e. The van der Waals surface area contributed by atoms with Gasteiger partial charge in [0.05, 0.1) is 44.1 Å². The van der Waals surface area contributed by atoms with Crippen molar-refractivity contribution in [3.63, 3.8) is 0 Å². The van der Waals surface area contributed by atoms with Crippen LogP contribution in [0.4, 0.5) is 0 Å². The predicted molar refractivity (Wildman–Crippen MR) is 439 cm³/mol. The van der Waals surface area contributed by atoms with Gasteiger partial charge in [0, 0.05) is 93.4 Å². The summed E-state index contributed by atoms with van der Waals surface area (Å²) in [5.41, 5.74) is 31.9. The fourth-order valence-corrected chi connectivity index (χ4v) is 18.3. The van der Waals surface area contributed by atoms with E-state index in [-0.39, 0.29) is 10.8 Å². The molecule has 0 radical (unpaired) electrons. The molecule has 15 aromatic carbocycles. The van der Waals surface area contributed by atoms with Crippen molar-refractivity contribution in [1.82, 2.24) is 33.2 Å². The van der Waals surface area contributed by atoms with Gasteiger partial charge in [0.1, 0.15) is 0 Å². The van der Waals surface area contributed by atoms with Crippen LogP contribution in [0.2, 0.25) is 0 Å². The Morgan fingerprint density at radius 2 is 0.443 bits per heavy atom. The Hall–Kier alpha value is -13.5. The average Bonchev–Trinajstić information content (AvgIpc) is 1.57. The van der Waals surface area contributed by atoms with Gasteiger partial charge < -0.3 is 18.3 Å². The summed E-state index contributed by atoms with van der Waals surface area (Å²) in [4.78, 5) is 15.7. The molecule has 0 aliphatic heterocycles. The van der Waals surface area contributed by atoms with E-state index < -0.39 is 0 Å². The molecule has 7 heteroatoms. The maximum atomic E-state index is 5.28. The molecule has 0 N–H and O–H groups in total. The lowest BCUT2D eigenvalue weighted by atomic mass is 9.82. The van der Waals surface area contributed by atoms with E-state index in [0.717, 1.165) is 50.1 Å². The molecule has 5 heterocycles. The van der Waals surface area contributed by atoms with Crippen molar-refractivity contribution in [1.29, 1.82) is 0 Å². The molecule has 22 rings (SSSR count). The summed E-state index contributed by atoms with van der Waals surface area (Å²) >= 11 is 0. The SMILES string of the molecule is CC1(C)c2ccccc2-c2ccc(-n3c4ccccc4c4cc(-c5ccc6c(c5)c5ccccc5n6-c5ccc(-c6nc(-c7ccccc7)nc(-c7ccc(-n8c9ccccc9c9cc(-c%10ccc%11c(c%10)c%10ccccc%10n%11-c%10ccc%11c(c%10)C(C)(C)c%10ccccc%10-%11)ccc98)cc7)n6)cc5)ccc43)cc21. The number of aromatic nitrogens is 7. The number of benzene rings is 15. The lowest BCUT2D eigenvalue weighted by molar-refractivity contribution is 0.660. The minimum atomic E-state index is -0.0971. The molecule has 2 aliphatic carbocycles. The number of hydrogen-bond donors (Lipinski definition) is 0. The van der Waals surface area contributed by atoms with Crippen LogP contribution in [-0.2, 0) is 10.8 Å². The van der Waals surface area contributed by atoms with E-state index in [1.54, 1.807) is 0 Å². The van der Waals surface area contributed by atoms with E-state index in [9.17, 15) is 0 Å². The zero-order valence-electron chi connectivity index (χ0n) is 58.9. The van der Waals surface area contributed by atoms with Crippen LogP contribution >= 0.6 is 0 Å². The standard InChI is InChI=1S/C99H67N7/c1-98(2)83-28-14-8-22-71(83)73-48-46-69(58-85(73)98)105-89-32-18-12-26-77(89)81-56-65(40-52-93(81)105)63-38-50-91-79(54-63)75-24-10-16-30-87(75)103(91)67-42-34-61(35-43-67)96-100-95(60-20-6-5-7-21-60)101-97(102-96)62-36-44-68(45-37-62)104-88-31-17-11-25-76(88)80-55-64(39-51-92(80)104)66-41-53-94-82(57-66)78-27-13-19-33-90(78)106(94)70-47-49-74-72-23-9-15-29-84(72)99(3,4)86(74)59-70/h5-59H,1-4H3. The van der Waals surface area contributed by atoms with Crippen LogP contribution in [0.5, 0.6) is 0 Å². The van der Waals surface area contributed by atoms with Gasteiger partial charge in [-0.3, -0.25) is 0 Å². The van der Waals surface area contributed by atoms with Crippen molar-refractivity contribution in [3.8, 4) is 101 Å². The summed E-state index contributed by atoms with van der Waals surface area (Å²) in [6.07, 6.45) is 0. The van der Waals surface area contributed by atoms with E-state index >= 15 is 0 Å². The van der Waals surface area contributed by atoms with Gasteiger partial charge >= 0.3 is 0 Å². The average molecular weight is 1350 g/mol. The summed E-state index contributed by atoms with van der Waals surface area (Å²) in [5.74, 6) is 1.82. The second-order valence-electron chi connectivity index (χ2n) is 29.9. The van der Waals surface area contributed by atoms with Crippen LogP contribution in [0.25, 0.3) is 189 Å². The number of nitrogens with zero attached hydrogens (tertiary/aromatic N) is 7. The first-order valence-electron chi connectivity index (χ1n) is 36.7. The molecule has 0 fully saturated rings. The van der Waals surface area contributed by atoms with Gasteiger partial charge in [-0.1, -0.05) is 216 Å². The third kappa shape index (κ3) is 8.83. The Morgan fingerprint density at radius 3 is 0.792 bits per heavy atom. The van der Waals surface area contributed by atoms with Crippen LogP contribution in [0.1, 0.15) is 49.9 Å². The minimum absolute atomic E-state index is 0.0971. The molecule has 0 atom stereocenters. The van der Waals surface area contributed by atoms with Crippen molar-refractivity contribution in [2.45, 2.75) is 38.5 Å². The molecule has 5 aromatic heterocycles. The summed E-state index contributed by atoms with van der Waals surface area (Å²) in [6, 6.07) is 123. The highest BCUT2D eigenvalue weighted by atomic mass is 15.0. The molecule has 106 heavy (non-hydrogen) atoms. The van der Waals surface area contributed by atoms with E-state index in [4.69, 9.17) is 15.0 Å². The molecule has 20 aromatic rings. The summed E-state index contributed by atoms with van der Waals surface area (Å²) < 4.78 is 9.67. The molecule has 0 bridgehead atoms. The van der Waals surface area contributed by atoms with Gasteiger partial charge in [-0.05, 0) is 212 Å². The first-order valence-corrected chi connectivity index (χ1v) is 36.7. The monoisotopic (exact) mass is 1350 g/mol. The van der Waals surface area contributed by atoms with Crippen LogP contribution in [-0.4, -0.2) is 33.2 Å². The Bertz CT molecular complexity index is 6710. The van der Waals surface area contributed by atoms with Crippen LogP contribution in [0.15, 0.2) is 334 Å². The molecule has 0 spiro atoms. The number of rotatable bonds is 9. The van der Waals surface area contributed by atoms with Crippen molar-refractivity contribution < 1.29 is 0 Å².